The summed E-state index contributed by atoms with van der Waals surface area (Å²) in [4.78, 5) is 19.8. The number of ether oxygens (including phenoxy) is 1. The summed E-state index contributed by atoms with van der Waals surface area (Å²) in [6, 6.07) is 10.2. The maximum atomic E-state index is 13.2. The van der Waals surface area contributed by atoms with Crippen LogP contribution in [0, 0.1) is 5.92 Å². The summed E-state index contributed by atoms with van der Waals surface area (Å²) in [5.41, 5.74) is 1.01. The van der Waals surface area contributed by atoms with Crippen LogP contribution in [0.4, 0.5) is 0 Å². The van der Waals surface area contributed by atoms with E-state index in [-0.39, 0.29) is 11.8 Å². The van der Waals surface area contributed by atoms with Gasteiger partial charge in [-0.25, -0.2) is 0 Å². The first-order valence-corrected chi connectivity index (χ1v) is 9.99. The maximum absolute atomic E-state index is 13.2. The van der Waals surface area contributed by atoms with Crippen molar-refractivity contribution in [2.24, 2.45) is 10.9 Å². The first-order valence-electron chi connectivity index (χ1n) is 9.99. The number of rotatable bonds is 7. The second-order valence-corrected chi connectivity index (χ2v) is 7.30. The Hall–Kier alpha value is -2.08. The number of nitrogens with one attached hydrogen (secondary N) is 2. The molecule has 1 aromatic rings. The van der Waals surface area contributed by atoms with Crippen LogP contribution in [-0.2, 0) is 9.53 Å². The summed E-state index contributed by atoms with van der Waals surface area (Å²) in [6.45, 7) is 12.2. The average Bonchev–Trinajstić information content (AvgIpc) is 2.69. The summed E-state index contributed by atoms with van der Waals surface area (Å²) in [5, 5.41) is 6.72. The molecule has 2 N–H and O–H groups in total. The first-order chi connectivity index (χ1) is 13.0. The van der Waals surface area contributed by atoms with Crippen LogP contribution in [0.5, 0.6) is 0 Å². The molecule has 1 aliphatic heterocycles. The topological polar surface area (TPSA) is 66.0 Å². The van der Waals surface area contributed by atoms with Crippen LogP contribution < -0.4 is 10.6 Å². The second kappa shape index (κ2) is 10.9. The Labute approximate surface area is 163 Å². The molecular formula is C21H34N4O2. The van der Waals surface area contributed by atoms with Gasteiger partial charge >= 0.3 is 0 Å². The second-order valence-electron chi connectivity index (χ2n) is 7.30. The van der Waals surface area contributed by atoms with Gasteiger partial charge in [0.1, 0.15) is 0 Å². The van der Waals surface area contributed by atoms with Crippen LogP contribution in [0.25, 0.3) is 0 Å². The highest BCUT2D eigenvalue weighted by atomic mass is 16.5. The normalized spacial score (nSPS) is 17.5. The fourth-order valence-electron chi connectivity index (χ4n) is 2.90. The molecule has 1 saturated heterocycles. The van der Waals surface area contributed by atoms with Gasteiger partial charge < -0.3 is 20.3 Å². The molecule has 1 heterocycles. The SMILES string of the molecule is CCNC(=NCC(C(=O)N1CCOCC1)c1ccccc1)NC(C)C(C)C. The Bertz CT molecular complexity index is 597. The molecule has 1 aromatic carbocycles. The van der Waals surface area contributed by atoms with Gasteiger partial charge in [0.05, 0.1) is 25.7 Å². The lowest BCUT2D eigenvalue weighted by molar-refractivity contribution is -0.136. The van der Waals surface area contributed by atoms with Crippen LogP contribution in [0.1, 0.15) is 39.2 Å². The lowest BCUT2D eigenvalue weighted by Gasteiger charge is -2.30. The van der Waals surface area contributed by atoms with Crippen molar-refractivity contribution >= 4 is 11.9 Å². The van der Waals surface area contributed by atoms with Crippen molar-refractivity contribution in [3.05, 3.63) is 35.9 Å². The van der Waals surface area contributed by atoms with Gasteiger partial charge in [0.15, 0.2) is 5.96 Å². The monoisotopic (exact) mass is 374 g/mol. The molecule has 2 rings (SSSR count). The molecule has 6 nitrogen and oxygen atoms in total. The smallest absolute Gasteiger partial charge is 0.232 e. The van der Waals surface area contributed by atoms with E-state index in [9.17, 15) is 4.79 Å². The van der Waals surface area contributed by atoms with E-state index in [4.69, 9.17) is 9.73 Å². The Balaban J connectivity index is 2.17. The third-order valence-corrected chi connectivity index (χ3v) is 4.96. The molecule has 0 aliphatic carbocycles. The number of nitrogens with zero attached hydrogens (tertiary/aromatic N) is 2. The zero-order chi connectivity index (χ0) is 19.6. The summed E-state index contributed by atoms with van der Waals surface area (Å²) in [7, 11) is 0. The van der Waals surface area contributed by atoms with Gasteiger partial charge in [0.25, 0.3) is 0 Å². The van der Waals surface area contributed by atoms with Crippen LogP contribution in [0.2, 0.25) is 0 Å². The van der Waals surface area contributed by atoms with E-state index in [0.717, 1.165) is 18.1 Å². The van der Waals surface area contributed by atoms with E-state index in [1.54, 1.807) is 0 Å². The molecule has 0 bridgehead atoms. The first kappa shape index (κ1) is 21.2. The number of benzene rings is 1. The third kappa shape index (κ3) is 6.54. The molecule has 0 saturated carbocycles. The molecule has 1 aliphatic rings. The summed E-state index contributed by atoms with van der Waals surface area (Å²) >= 11 is 0. The minimum Gasteiger partial charge on any atom is -0.378 e. The number of aliphatic imine (C=N–C) groups is 1. The highest BCUT2D eigenvalue weighted by Gasteiger charge is 2.27. The summed E-state index contributed by atoms with van der Waals surface area (Å²) in [5.74, 6) is 1.10. The van der Waals surface area contributed by atoms with Gasteiger partial charge in [0.2, 0.25) is 5.91 Å². The molecule has 0 spiro atoms. The van der Waals surface area contributed by atoms with E-state index in [2.05, 4.69) is 31.4 Å². The average molecular weight is 375 g/mol. The van der Waals surface area contributed by atoms with E-state index in [0.29, 0.717) is 44.8 Å². The van der Waals surface area contributed by atoms with Crippen molar-refractivity contribution in [1.82, 2.24) is 15.5 Å². The fourth-order valence-corrected chi connectivity index (χ4v) is 2.90. The maximum Gasteiger partial charge on any atom is 0.232 e. The molecule has 27 heavy (non-hydrogen) atoms. The van der Waals surface area contributed by atoms with Gasteiger partial charge in [0, 0.05) is 25.7 Å². The van der Waals surface area contributed by atoms with Gasteiger partial charge in [-0.3, -0.25) is 9.79 Å². The largest absolute Gasteiger partial charge is 0.378 e. The number of hydrogen-bond donors (Lipinski definition) is 2. The predicted octanol–water partition coefficient (Wildman–Crippen LogP) is 2.23. The minimum atomic E-state index is -0.283. The van der Waals surface area contributed by atoms with Crippen LogP contribution in [-0.4, -0.2) is 62.2 Å². The van der Waals surface area contributed by atoms with E-state index in [1.807, 2.05) is 42.2 Å². The summed E-state index contributed by atoms with van der Waals surface area (Å²) in [6.07, 6.45) is 0. The molecule has 1 amide bonds. The standard InChI is InChI=1S/C21H34N4O2/c1-5-22-21(24-17(4)16(2)3)23-15-19(18-9-7-6-8-10-18)20(26)25-11-13-27-14-12-25/h6-10,16-17,19H,5,11-15H2,1-4H3,(H2,22,23,24). The lowest BCUT2D eigenvalue weighted by Crippen LogP contribution is -2.45. The molecule has 0 aromatic heterocycles. The van der Waals surface area contributed by atoms with Crippen molar-refractivity contribution in [3.8, 4) is 0 Å². The van der Waals surface area contributed by atoms with Crippen LogP contribution >= 0.6 is 0 Å². The number of carbonyl (C=O) groups excluding carboxylic acids is 1. The Morgan fingerprint density at radius 2 is 1.85 bits per heavy atom. The number of hydrogen-bond acceptors (Lipinski definition) is 3. The Morgan fingerprint density at radius 1 is 1.19 bits per heavy atom. The Morgan fingerprint density at radius 3 is 2.44 bits per heavy atom. The van der Waals surface area contributed by atoms with Gasteiger partial charge in [-0.1, -0.05) is 44.2 Å². The Kier molecular flexibility index (Phi) is 8.58. The van der Waals surface area contributed by atoms with Crippen LogP contribution in [0.3, 0.4) is 0 Å². The van der Waals surface area contributed by atoms with Crippen molar-refractivity contribution in [2.75, 3.05) is 39.4 Å². The molecule has 1 fully saturated rings. The number of morpholine rings is 1. The van der Waals surface area contributed by atoms with Crippen LogP contribution in [0.15, 0.2) is 35.3 Å². The molecule has 150 valence electrons. The predicted molar refractivity (Wildman–Crippen MR) is 110 cm³/mol. The lowest BCUT2D eigenvalue weighted by atomic mass is 9.97. The number of carbonyl (C=O) groups is 1. The molecule has 2 atom stereocenters. The van der Waals surface area contributed by atoms with Crippen molar-refractivity contribution in [3.63, 3.8) is 0 Å². The van der Waals surface area contributed by atoms with Crippen molar-refractivity contribution in [1.29, 1.82) is 0 Å². The van der Waals surface area contributed by atoms with Gasteiger partial charge in [-0.2, -0.15) is 0 Å². The molecular weight excluding hydrogens is 340 g/mol. The van der Waals surface area contributed by atoms with Crippen molar-refractivity contribution in [2.45, 2.75) is 39.7 Å². The van der Waals surface area contributed by atoms with E-state index >= 15 is 0 Å². The molecule has 0 radical (unpaired) electrons. The van der Waals surface area contributed by atoms with Crippen molar-refractivity contribution < 1.29 is 9.53 Å². The molecule has 2 unspecified atom stereocenters. The highest BCUT2D eigenvalue weighted by molar-refractivity contribution is 5.85. The minimum absolute atomic E-state index is 0.126. The third-order valence-electron chi connectivity index (χ3n) is 4.96. The van der Waals surface area contributed by atoms with E-state index in [1.165, 1.54) is 0 Å². The quantitative estimate of drug-likeness (QED) is 0.567. The van der Waals surface area contributed by atoms with Gasteiger partial charge in [-0.05, 0) is 25.3 Å². The summed E-state index contributed by atoms with van der Waals surface area (Å²) < 4.78 is 5.39. The molecule has 6 heteroatoms. The zero-order valence-corrected chi connectivity index (χ0v) is 17.1. The zero-order valence-electron chi connectivity index (χ0n) is 17.1. The van der Waals surface area contributed by atoms with E-state index < -0.39 is 0 Å². The number of amides is 1. The highest BCUT2D eigenvalue weighted by Crippen LogP contribution is 2.20. The fraction of sp³-hybridized carbons (Fsp3) is 0.619. The van der Waals surface area contributed by atoms with Gasteiger partial charge in [-0.15, -0.1) is 0 Å². The number of guanidine groups is 1.